The number of halogens is 1. The highest BCUT2D eigenvalue weighted by molar-refractivity contribution is 5.93. The molecule has 0 unspecified atom stereocenters. The first kappa shape index (κ1) is 16.5. The number of rotatable bonds is 4. The normalized spacial score (nSPS) is 20.4. The number of nitrogens with zero attached hydrogens (tertiary/aromatic N) is 3. The molecule has 2 atom stereocenters. The molecule has 1 saturated carbocycles. The van der Waals surface area contributed by atoms with Gasteiger partial charge < -0.3 is 11.1 Å². The lowest BCUT2D eigenvalue weighted by Gasteiger charge is -2.17. The molecule has 1 aliphatic rings. The maximum absolute atomic E-state index is 12.3. The van der Waals surface area contributed by atoms with Crippen LogP contribution in [0.2, 0.25) is 0 Å². The molecule has 0 spiro atoms. The van der Waals surface area contributed by atoms with Crippen LogP contribution in [0.4, 0.5) is 5.69 Å². The van der Waals surface area contributed by atoms with Crippen molar-refractivity contribution in [3.8, 4) is 5.69 Å². The summed E-state index contributed by atoms with van der Waals surface area (Å²) < 4.78 is 0. The third-order valence-corrected chi connectivity index (χ3v) is 4.08. The van der Waals surface area contributed by atoms with Crippen molar-refractivity contribution in [2.24, 2.45) is 17.6 Å². The Hall–Kier alpha value is -1.92. The monoisotopic (exact) mass is 321 g/mol. The summed E-state index contributed by atoms with van der Waals surface area (Å²) in [7, 11) is 0. The summed E-state index contributed by atoms with van der Waals surface area (Å²) in [6.07, 6.45) is 6.33. The minimum atomic E-state index is 0. The number of hydrogen-bond donors (Lipinski definition) is 2. The van der Waals surface area contributed by atoms with Gasteiger partial charge in [0.2, 0.25) is 5.91 Å². The first-order valence-electron chi connectivity index (χ1n) is 7.25. The molecule has 0 radical (unpaired) electrons. The smallest absolute Gasteiger partial charge is 0.227 e. The van der Waals surface area contributed by atoms with Crippen LogP contribution in [-0.4, -0.2) is 27.4 Å². The first-order chi connectivity index (χ1) is 10.3. The highest BCUT2D eigenvalue weighted by atomic mass is 35.5. The predicted molar refractivity (Wildman–Crippen MR) is 87.1 cm³/mol. The molecular weight excluding hydrogens is 302 g/mol. The van der Waals surface area contributed by atoms with Crippen LogP contribution < -0.4 is 11.1 Å². The number of carbonyl (C=O) groups is 1. The van der Waals surface area contributed by atoms with Crippen molar-refractivity contribution in [3.63, 3.8) is 0 Å². The lowest BCUT2D eigenvalue weighted by Crippen LogP contribution is -2.29. The van der Waals surface area contributed by atoms with Crippen LogP contribution in [0, 0.1) is 11.8 Å². The number of benzene rings is 1. The predicted octanol–water partition coefficient (Wildman–Crippen LogP) is 2.00. The zero-order chi connectivity index (χ0) is 14.7. The van der Waals surface area contributed by atoms with Crippen LogP contribution >= 0.6 is 12.4 Å². The van der Waals surface area contributed by atoms with Crippen molar-refractivity contribution in [2.45, 2.75) is 19.3 Å². The Morgan fingerprint density at radius 2 is 1.91 bits per heavy atom. The average Bonchev–Trinajstić information content (AvgIpc) is 3.19. The minimum Gasteiger partial charge on any atom is -0.330 e. The molecular formula is C15H20ClN5O. The van der Waals surface area contributed by atoms with Gasteiger partial charge in [-0.05, 0) is 49.6 Å². The van der Waals surface area contributed by atoms with Gasteiger partial charge in [0.05, 0.1) is 18.1 Å². The molecule has 1 heterocycles. The summed E-state index contributed by atoms with van der Waals surface area (Å²) in [5, 5.41) is 11.1. The number of nitrogens with one attached hydrogen (secondary N) is 1. The van der Waals surface area contributed by atoms with Crippen molar-refractivity contribution < 1.29 is 4.79 Å². The maximum atomic E-state index is 12.3. The summed E-state index contributed by atoms with van der Waals surface area (Å²) in [6.45, 7) is 0.585. The maximum Gasteiger partial charge on any atom is 0.227 e. The van der Waals surface area contributed by atoms with Gasteiger partial charge in [-0.1, -0.05) is 6.42 Å². The standard InChI is InChI=1S/C15H19N5O.ClH/c16-10-11-2-1-3-14(11)15(21)19-12-4-6-13(7-5-12)20-17-8-9-18-20;/h4-9,11,14H,1-3,10,16H2,(H,19,21);1H/t11-,14-;/m1./s1. The van der Waals surface area contributed by atoms with E-state index in [2.05, 4.69) is 15.5 Å². The highest BCUT2D eigenvalue weighted by Crippen LogP contribution is 2.31. The van der Waals surface area contributed by atoms with Crippen molar-refractivity contribution in [1.82, 2.24) is 15.0 Å². The lowest BCUT2D eigenvalue weighted by atomic mass is 9.95. The fraction of sp³-hybridized carbons (Fsp3) is 0.400. The molecule has 0 aliphatic heterocycles. The number of nitrogens with two attached hydrogens (primary N) is 1. The van der Waals surface area contributed by atoms with Crippen molar-refractivity contribution >= 4 is 24.0 Å². The second-order valence-corrected chi connectivity index (χ2v) is 5.39. The summed E-state index contributed by atoms with van der Waals surface area (Å²) in [5.41, 5.74) is 7.38. The van der Waals surface area contributed by atoms with Gasteiger partial charge in [0.1, 0.15) is 0 Å². The van der Waals surface area contributed by atoms with Gasteiger partial charge in [-0.2, -0.15) is 15.0 Å². The molecule has 1 fully saturated rings. The van der Waals surface area contributed by atoms with Gasteiger partial charge in [-0.3, -0.25) is 4.79 Å². The van der Waals surface area contributed by atoms with E-state index in [4.69, 9.17) is 5.73 Å². The first-order valence-corrected chi connectivity index (χ1v) is 7.25. The van der Waals surface area contributed by atoms with Gasteiger partial charge in [0, 0.05) is 11.6 Å². The number of aromatic nitrogens is 3. The molecule has 2 aromatic rings. The van der Waals surface area contributed by atoms with Crippen LogP contribution in [0.15, 0.2) is 36.7 Å². The van der Waals surface area contributed by atoms with Crippen molar-refractivity contribution in [3.05, 3.63) is 36.7 Å². The van der Waals surface area contributed by atoms with E-state index in [1.54, 1.807) is 12.4 Å². The molecule has 7 heteroatoms. The molecule has 6 nitrogen and oxygen atoms in total. The SMILES string of the molecule is Cl.NC[C@H]1CCC[C@H]1C(=O)Nc1ccc(-n2nccn2)cc1. The lowest BCUT2D eigenvalue weighted by molar-refractivity contribution is -0.120. The van der Waals surface area contributed by atoms with Crippen LogP contribution in [-0.2, 0) is 4.79 Å². The van der Waals surface area contributed by atoms with E-state index in [1.807, 2.05) is 24.3 Å². The van der Waals surface area contributed by atoms with E-state index >= 15 is 0 Å². The van der Waals surface area contributed by atoms with Gasteiger partial charge >= 0.3 is 0 Å². The highest BCUT2D eigenvalue weighted by Gasteiger charge is 2.31. The molecule has 1 aromatic carbocycles. The average molecular weight is 322 g/mol. The molecule has 3 N–H and O–H groups in total. The van der Waals surface area contributed by atoms with Crippen LogP contribution in [0.5, 0.6) is 0 Å². The van der Waals surface area contributed by atoms with Gasteiger partial charge in [0.15, 0.2) is 0 Å². The van der Waals surface area contributed by atoms with Gasteiger partial charge in [-0.25, -0.2) is 0 Å². The Morgan fingerprint density at radius 3 is 2.55 bits per heavy atom. The summed E-state index contributed by atoms with van der Waals surface area (Å²) in [4.78, 5) is 13.8. The third kappa shape index (κ3) is 3.45. The number of anilines is 1. The van der Waals surface area contributed by atoms with E-state index in [9.17, 15) is 4.79 Å². The van der Waals surface area contributed by atoms with Crippen molar-refractivity contribution in [2.75, 3.05) is 11.9 Å². The molecule has 0 saturated heterocycles. The largest absolute Gasteiger partial charge is 0.330 e. The minimum absolute atomic E-state index is 0. The van der Waals surface area contributed by atoms with E-state index < -0.39 is 0 Å². The van der Waals surface area contributed by atoms with E-state index in [1.165, 1.54) is 4.80 Å². The Bertz CT molecular complexity index is 599. The van der Waals surface area contributed by atoms with E-state index in [0.717, 1.165) is 30.6 Å². The zero-order valence-electron chi connectivity index (χ0n) is 12.2. The summed E-state index contributed by atoms with van der Waals surface area (Å²) in [5.74, 6) is 0.438. The second kappa shape index (κ2) is 7.38. The molecule has 1 amide bonds. The Labute approximate surface area is 135 Å². The van der Waals surface area contributed by atoms with Crippen LogP contribution in [0.3, 0.4) is 0 Å². The summed E-state index contributed by atoms with van der Waals surface area (Å²) >= 11 is 0. The second-order valence-electron chi connectivity index (χ2n) is 5.39. The topological polar surface area (TPSA) is 85.8 Å². The van der Waals surface area contributed by atoms with E-state index in [0.29, 0.717) is 12.5 Å². The number of amides is 1. The van der Waals surface area contributed by atoms with E-state index in [-0.39, 0.29) is 24.2 Å². The number of carbonyl (C=O) groups excluding carboxylic acids is 1. The molecule has 118 valence electrons. The summed E-state index contributed by atoms with van der Waals surface area (Å²) in [6, 6.07) is 7.49. The fourth-order valence-corrected chi connectivity index (χ4v) is 2.93. The Kier molecular flexibility index (Phi) is 5.51. The van der Waals surface area contributed by atoms with Crippen molar-refractivity contribution in [1.29, 1.82) is 0 Å². The van der Waals surface area contributed by atoms with Crippen LogP contribution in [0.1, 0.15) is 19.3 Å². The molecule has 1 aliphatic carbocycles. The quantitative estimate of drug-likeness (QED) is 0.902. The molecule has 0 bridgehead atoms. The molecule has 22 heavy (non-hydrogen) atoms. The number of hydrogen-bond acceptors (Lipinski definition) is 4. The molecule has 1 aromatic heterocycles. The van der Waals surface area contributed by atoms with Gasteiger partial charge in [-0.15, -0.1) is 12.4 Å². The van der Waals surface area contributed by atoms with Crippen LogP contribution in [0.25, 0.3) is 5.69 Å². The fourth-order valence-electron chi connectivity index (χ4n) is 2.93. The third-order valence-electron chi connectivity index (χ3n) is 4.08. The molecule has 3 rings (SSSR count). The zero-order valence-corrected chi connectivity index (χ0v) is 13.0. The Balaban J connectivity index is 0.00000176. The Morgan fingerprint density at radius 1 is 1.23 bits per heavy atom. The van der Waals surface area contributed by atoms with Gasteiger partial charge in [0.25, 0.3) is 0 Å².